The minimum absolute atomic E-state index is 0.166. The molecule has 0 aliphatic heterocycles. The Balaban J connectivity index is 1.14. The number of rotatable bonds is 10. The standard InChI is InChI=1S/C34H29Br2N5O3S/c1-20-7-13-26(14-8-20)38-34-40-30(19-45-34)24-9-11-25(12-10-24)33(43)41-37-17-23-15-27(35)32(28(36)16-23)44-18-31(42)39-29-6-4-5-21(2)22(29)3/h4-17,19H,18H2,1-3H3,(H,38,40)(H,39,42)(H,41,43)/b37-17+. The van der Waals surface area contributed by atoms with Crippen molar-refractivity contribution in [2.45, 2.75) is 20.8 Å². The largest absolute Gasteiger partial charge is 0.481 e. The number of ether oxygens (including phenoxy) is 1. The highest BCUT2D eigenvalue weighted by Gasteiger charge is 2.13. The Labute approximate surface area is 282 Å². The predicted molar refractivity (Wildman–Crippen MR) is 189 cm³/mol. The lowest BCUT2D eigenvalue weighted by molar-refractivity contribution is -0.118. The first-order valence-electron chi connectivity index (χ1n) is 13.9. The number of nitrogens with zero attached hydrogens (tertiary/aromatic N) is 2. The van der Waals surface area contributed by atoms with Gasteiger partial charge in [0.2, 0.25) is 0 Å². The molecular formula is C34H29Br2N5O3S. The monoisotopic (exact) mass is 745 g/mol. The van der Waals surface area contributed by atoms with E-state index in [-0.39, 0.29) is 18.4 Å². The van der Waals surface area contributed by atoms with Crippen LogP contribution in [0.15, 0.2) is 98.3 Å². The first-order chi connectivity index (χ1) is 21.7. The van der Waals surface area contributed by atoms with Gasteiger partial charge in [0.15, 0.2) is 11.7 Å². The smallest absolute Gasteiger partial charge is 0.271 e. The van der Waals surface area contributed by atoms with Crippen LogP contribution in [0.25, 0.3) is 11.3 Å². The van der Waals surface area contributed by atoms with E-state index in [9.17, 15) is 9.59 Å². The van der Waals surface area contributed by atoms with Gasteiger partial charge in [0.25, 0.3) is 11.8 Å². The molecule has 0 spiro atoms. The van der Waals surface area contributed by atoms with Gasteiger partial charge in [-0.3, -0.25) is 9.59 Å². The molecule has 4 aromatic carbocycles. The van der Waals surface area contributed by atoms with Gasteiger partial charge in [0, 0.05) is 27.9 Å². The lowest BCUT2D eigenvalue weighted by Crippen LogP contribution is -2.21. The number of hydrogen-bond acceptors (Lipinski definition) is 7. The fourth-order valence-electron chi connectivity index (χ4n) is 4.25. The van der Waals surface area contributed by atoms with Crippen molar-refractivity contribution in [3.05, 3.63) is 121 Å². The molecule has 5 rings (SSSR count). The number of nitrogens with one attached hydrogen (secondary N) is 3. The molecule has 0 saturated heterocycles. The highest BCUT2D eigenvalue weighted by Crippen LogP contribution is 2.34. The summed E-state index contributed by atoms with van der Waals surface area (Å²) in [5.41, 5.74) is 10.5. The van der Waals surface area contributed by atoms with Crippen molar-refractivity contribution < 1.29 is 14.3 Å². The van der Waals surface area contributed by atoms with Gasteiger partial charge in [-0.1, -0.05) is 42.0 Å². The number of aryl methyl sites for hydroxylation is 2. The van der Waals surface area contributed by atoms with Gasteiger partial charge in [-0.25, -0.2) is 10.4 Å². The Morgan fingerprint density at radius 3 is 2.38 bits per heavy atom. The summed E-state index contributed by atoms with van der Waals surface area (Å²) in [5, 5.41) is 13.1. The van der Waals surface area contributed by atoms with Crippen LogP contribution in [0.3, 0.4) is 0 Å². The van der Waals surface area contributed by atoms with Crippen molar-refractivity contribution in [3.63, 3.8) is 0 Å². The third-order valence-corrected chi connectivity index (χ3v) is 8.81. The molecule has 45 heavy (non-hydrogen) atoms. The summed E-state index contributed by atoms with van der Waals surface area (Å²) < 4.78 is 7.02. The van der Waals surface area contributed by atoms with Gasteiger partial charge in [-0.15, -0.1) is 11.3 Å². The maximum atomic E-state index is 12.7. The molecule has 0 fully saturated rings. The molecule has 1 heterocycles. The van der Waals surface area contributed by atoms with E-state index in [2.05, 4.69) is 64.9 Å². The number of hydrogen-bond donors (Lipinski definition) is 3. The topological polar surface area (TPSA) is 105 Å². The molecule has 1 aromatic heterocycles. The summed E-state index contributed by atoms with van der Waals surface area (Å²) in [5.74, 6) is -0.133. The summed E-state index contributed by atoms with van der Waals surface area (Å²) in [6.45, 7) is 5.84. The van der Waals surface area contributed by atoms with Crippen molar-refractivity contribution in [2.75, 3.05) is 17.2 Å². The minimum Gasteiger partial charge on any atom is -0.481 e. The van der Waals surface area contributed by atoms with Crippen LogP contribution in [0, 0.1) is 20.8 Å². The third kappa shape index (κ3) is 8.44. The van der Waals surface area contributed by atoms with Crippen LogP contribution in [-0.2, 0) is 4.79 Å². The van der Waals surface area contributed by atoms with E-state index in [1.165, 1.54) is 23.1 Å². The molecule has 3 N–H and O–H groups in total. The van der Waals surface area contributed by atoms with Crippen molar-refractivity contribution >= 4 is 77.7 Å². The molecule has 0 bridgehead atoms. The number of thiazole rings is 1. The summed E-state index contributed by atoms with van der Waals surface area (Å²) in [4.78, 5) is 29.9. The van der Waals surface area contributed by atoms with E-state index in [1.807, 2.05) is 73.8 Å². The first kappa shape index (κ1) is 32.1. The average molecular weight is 748 g/mol. The van der Waals surface area contributed by atoms with Crippen molar-refractivity contribution in [1.82, 2.24) is 10.4 Å². The van der Waals surface area contributed by atoms with Crippen molar-refractivity contribution in [2.24, 2.45) is 5.10 Å². The third-order valence-electron chi connectivity index (χ3n) is 6.88. The van der Waals surface area contributed by atoms with E-state index in [4.69, 9.17) is 4.74 Å². The van der Waals surface area contributed by atoms with Crippen LogP contribution in [0.2, 0.25) is 0 Å². The Hall–Kier alpha value is -4.32. The SMILES string of the molecule is Cc1ccc(Nc2nc(-c3ccc(C(=O)N/N=C/c4cc(Br)c(OCC(=O)Nc5cccc(C)c5C)c(Br)c4)cc3)cs2)cc1. The molecule has 2 amide bonds. The van der Waals surface area contributed by atoms with E-state index < -0.39 is 0 Å². The van der Waals surface area contributed by atoms with Gasteiger partial charge in [0.05, 0.1) is 20.9 Å². The van der Waals surface area contributed by atoms with E-state index in [0.29, 0.717) is 25.8 Å². The summed E-state index contributed by atoms with van der Waals surface area (Å²) in [6, 6.07) is 24.6. The maximum absolute atomic E-state index is 12.7. The second kappa shape index (κ2) is 14.6. The fraction of sp³-hybridized carbons (Fsp3) is 0.118. The Morgan fingerprint density at radius 1 is 0.956 bits per heavy atom. The van der Waals surface area contributed by atoms with Crippen molar-refractivity contribution in [3.8, 4) is 17.0 Å². The number of carbonyl (C=O) groups is 2. The predicted octanol–water partition coefficient (Wildman–Crippen LogP) is 8.79. The van der Waals surface area contributed by atoms with E-state index in [1.54, 1.807) is 24.3 Å². The molecule has 0 saturated carbocycles. The van der Waals surface area contributed by atoms with Crippen LogP contribution in [-0.4, -0.2) is 29.6 Å². The number of halogens is 2. The Bertz CT molecular complexity index is 1850. The Morgan fingerprint density at radius 2 is 1.67 bits per heavy atom. The number of hydrazone groups is 1. The number of anilines is 3. The van der Waals surface area contributed by atoms with Gasteiger partial charge < -0.3 is 15.4 Å². The van der Waals surface area contributed by atoms with Gasteiger partial charge in [-0.05, 0) is 112 Å². The summed E-state index contributed by atoms with van der Waals surface area (Å²) in [6.07, 6.45) is 1.52. The van der Waals surface area contributed by atoms with Crippen LogP contribution >= 0.6 is 43.2 Å². The number of carbonyl (C=O) groups excluding carboxylic acids is 2. The average Bonchev–Trinajstić information content (AvgIpc) is 3.49. The molecule has 0 radical (unpaired) electrons. The van der Waals surface area contributed by atoms with Gasteiger partial charge >= 0.3 is 0 Å². The number of amides is 2. The van der Waals surface area contributed by atoms with Crippen molar-refractivity contribution in [1.29, 1.82) is 0 Å². The summed E-state index contributed by atoms with van der Waals surface area (Å²) >= 11 is 8.51. The first-order valence-corrected chi connectivity index (χ1v) is 16.3. The molecule has 228 valence electrons. The zero-order valence-electron chi connectivity index (χ0n) is 24.7. The number of benzene rings is 4. The van der Waals surface area contributed by atoms with Crippen LogP contribution in [0.5, 0.6) is 5.75 Å². The lowest BCUT2D eigenvalue weighted by atomic mass is 10.1. The highest BCUT2D eigenvalue weighted by molar-refractivity contribution is 9.11. The highest BCUT2D eigenvalue weighted by atomic mass is 79.9. The van der Waals surface area contributed by atoms with Gasteiger partial charge in [0.1, 0.15) is 5.75 Å². The zero-order chi connectivity index (χ0) is 31.9. The second-order valence-electron chi connectivity index (χ2n) is 10.2. The lowest BCUT2D eigenvalue weighted by Gasteiger charge is -2.13. The van der Waals surface area contributed by atoms with E-state index >= 15 is 0 Å². The normalized spacial score (nSPS) is 11.0. The fourth-order valence-corrected chi connectivity index (χ4v) is 6.44. The maximum Gasteiger partial charge on any atom is 0.271 e. The molecule has 8 nitrogen and oxygen atoms in total. The molecular weight excluding hydrogens is 718 g/mol. The zero-order valence-corrected chi connectivity index (χ0v) is 28.6. The van der Waals surface area contributed by atoms with Crippen LogP contribution in [0.4, 0.5) is 16.5 Å². The number of aromatic nitrogens is 1. The molecule has 0 unspecified atom stereocenters. The molecule has 11 heteroatoms. The van der Waals surface area contributed by atoms with Gasteiger partial charge in [-0.2, -0.15) is 5.10 Å². The molecule has 5 aromatic rings. The molecule has 0 atom stereocenters. The van der Waals surface area contributed by atoms with Crippen LogP contribution < -0.4 is 20.8 Å². The second-order valence-corrected chi connectivity index (χ2v) is 12.8. The minimum atomic E-state index is -0.342. The molecule has 0 aliphatic carbocycles. The quantitative estimate of drug-likeness (QED) is 0.0980. The van der Waals surface area contributed by atoms with E-state index in [0.717, 1.165) is 38.9 Å². The molecule has 0 aliphatic rings. The Kier molecular flexibility index (Phi) is 10.4. The summed E-state index contributed by atoms with van der Waals surface area (Å²) in [7, 11) is 0. The van der Waals surface area contributed by atoms with Crippen LogP contribution in [0.1, 0.15) is 32.6 Å².